The summed E-state index contributed by atoms with van der Waals surface area (Å²) in [6.07, 6.45) is 3.16. The van der Waals surface area contributed by atoms with Gasteiger partial charge in [-0.15, -0.1) is 0 Å². The topological polar surface area (TPSA) is 49.6 Å². The number of carbonyl (C=O) groups is 1. The summed E-state index contributed by atoms with van der Waals surface area (Å²) < 4.78 is 0. The summed E-state index contributed by atoms with van der Waals surface area (Å²) in [6, 6.07) is 7.19. The van der Waals surface area contributed by atoms with Crippen molar-refractivity contribution < 1.29 is 4.79 Å². The molecule has 0 radical (unpaired) electrons. The van der Waals surface area contributed by atoms with Gasteiger partial charge in [0.05, 0.1) is 0 Å². The van der Waals surface area contributed by atoms with Crippen LogP contribution in [-0.2, 0) is 11.2 Å². The van der Waals surface area contributed by atoms with Crippen molar-refractivity contribution in [3.05, 3.63) is 23.8 Å². The molecule has 0 bridgehead atoms. The van der Waals surface area contributed by atoms with Gasteiger partial charge in [0.1, 0.15) is 0 Å². The van der Waals surface area contributed by atoms with Crippen LogP contribution >= 0.6 is 0 Å². The molecule has 4 nitrogen and oxygen atoms in total. The molecular weight excluding hydrogens is 274 g/mol. The Bertz CT molecular complexity index is 563. The zero-order chi connectivity index (χ0) is 15.9. The first kappa shape index (κ1) is 15.3. The average molecular weight is 301 g/mol. The minimum absolute atomic E-state index is 0.136. The molecule has 2 atom stereocenters. The van der Waals surface area contributed by atoms with E-state index in [1.165, 1.54) is 11.3 Å². The normalized spacial score (nSPS) is 26.0. The molecular formula is C18H27N3O. The number of amides is 1. The molecule has 1 fully saturated rings. The van der Waals surface area contributed by atoms with E-state index < -0.39 is 0 Å². The van der Waals surface area contributed by atoms with Gasteiger partial charge in [-0.05, 0) is 55.9 Å². The van der Waals surface area contributed by atoms with Crippen LogP contribution in [0, 0.1) is 5.92 Å². The maximum Gasteiger partial charge on any atom is 0.224 e. The van der Waals surface area contributed by atoms with Gasteiger partial charge in [-0.25, -0.2) is 0 Å². The number of nitrogens with zero attached hydrogens (tertiary/aromatic N) is 2. The maximum absolute atomic E-state index is 12.0. The summed E-state index contributed by atoms with van der Waals surface area (Å²) >= 11 is 0. The summed E-state index contributed by atoms with van der Waals surface area (Å²) in [5.74, 6) is 0.624. The standard InChI is InChI=1S/C18H27N3O/c1-12-10-15-11-17(20-8-6-16(19)7-9-20)4-5-18(15)21(13(12)2)14(3)22/h4-5,11-13,16H,6-10,19H2,1-3H3/t12-,13+/m1/s1. The fourth-order valence-electron chi connectivity index (χ4n) is 3.77. The van der Waals surface area contributed by atoms with Crippen LogP contribution in [0.25, 0.3) is 0 Å². The molecule has 1 saturated heterocycles. The fraction of sp³-hybridized carbons (Fsp3) is 0.611. The van der Waals surface area contributed by atoms with Crippen molar-refractivity contribution in [2.75, 3.05) is 22.9 Å². The molecule has 120 valence electrons. The molecule has 1 aromatic rings. The monoisotopic (exact) mass is 301 g/mol. The average Bonchev–Trinajstić information content (AvgIpc) is 2.48. The summed E-state index contributed by atoms with van der Waals surface area (Å²) in [4.78, 5) is 16.4. The van der Waals surface area contributed by atoms with Crippen molar-refractivity contribution >= 4 is 17.3 Å². The van der Waals surface area contributed by atoms with Crippen LogP contribution in [0.4, 0.5) is 11.4 Å². The first-order valence-electron chi connectivity index (χ1n) is 8.40. The van der Waals surface area contributed by atoms with Crippen LogP contribution in [0.3, 0.4) is 0 Å². The largest absolute Gasteiger partial charge is 0.371 e. The molecule has 4 heteroatoms. The highest BCUT2D eigenvalue weighted by molar-refractivity contribution is 5.94. The summed E-state index contributed by atoms with van der Waals surface area (Å²) in [5, 5.41) is 0. The SMILES string of the molecule is CC(=O)N1c2ccc(N3CCC(N)CC3)cc2C[C@@H](C)[C@@H]1C. The van der Waals surface area contributed by atoms with Gasteiger partial charge in [0, 0.05) is 43.5 Å². The van der Waals surface area contributed by atoms with Crippen LogP contribution in [-0.4, -0.2) is 31.1 Å². The van der Waals surface area contributed by atoms with Gasteiger partial charge in [0.2, 0.25) is 5.91 Å². The zero-order valence-corrected chi connectivity index (χ0v) is 13.9. The van der Waals surface area contributed by atoms with E-state index in [0.29, 0.717) is 12.0 Å². The van der Waals surface area contributed by atoms with Crippen molar-refractivity contribution in [3.63, 3.8) is 0 Å². The molecule has 0 aliphatic carbocycles. The van der Waals surface area contributed by atoms with Crippen LogP contribution in [0.2, 0.25) is 0 Å². The van der Waals surface area contributed by atoms with Crippen LogP contribution in [0.5, 0.6) is 0 Å². The Labute approximate surface area is 133 Å². The number of benzene rings is 1. The summed E-state index contributed by atoms with van der Waals surface area (Å²) in [7, 11) is 0. The Morgan fingerprint density at radius 3 is 2.55 bits per heavy atom. The lowest BCUT2D eigenvalue weighted by Crippen LogP contribution is -2.45. The third-order valence-electron chi connectivity index (χ3n) is 5.34. The molecule has 2 aliphatic heterocycles. The number of hydrogen-bond donors (Lipinski definition) is 1. The minimum Gasteiger partial charge on any atom is -0.371 e. The summed E-state index contributed by atoms with van der Waals surface area (Å²) in [5.41, 5.74) is 9.67. The predicted molar refractivity (Wildman–Crippen MR) is 91.4 cm³/mol. The number of fused-ring (bicyclic) bond motifs is 1. The first-order valence-corrected chi connectivity index (χ1v) is 8.40. The Balaban J connectivity index is 1.90. The van der Waals surface area contributed by atoms with E-state index >= 15 is 0 Å². The van der Waals surface area contributed by atoms with E-state index in [1.54, 1.807) is 6.92 Å². The van der Waals surface area contributed by atoms with E-state index in [9.17, 15) is 4.79 Å². The van der Waals surface area contributed by atoms with Gasteiger partial charge < -0.3 is 15.5 Å². The predicted octanol–water partition coefficient (Wildman–Crippen LogP) is 2.55. The summed E-state index contributed by atoms with van der Waals surface area (Å²) in [6.45, 7) is 8.11. The third kappa shape index (κ3) is 2.72. The Hall–Kier alpha value is -1.55. The lowest BCUT2D eigenvalue weighted by molar-refractivity contribution is -0.117. The number of nitrogens with two attached hydrogens (primary N) is 1. The van der Waals surface area contributed by atoms with Crippen molar-refractivity contribution in [2.24, 2.45) is 11.7 Å². The molecule has 0 saturated carbocycles. The molecule has 1 aromatic carbocycles. The van der Waals surface area contributed by atoms with E-state index in [0.717, 1.165) is 38.0 Å². The van der Waals surface area contributed by atoms with Gasteiger partial charge >= 0.3 is 0 Å². The highest BCUT2D eigenvalue weighted by atomic mass is 16.2. The molecule has 2 N–H and O–H groups in total. The number of hydrogen-bond acceptors (Lipinski definition) is 3. The molecule has 3 rings (SSSR count). The van der Waals surface area contributed by atoms with Crippen LogP contribution < -0.4 is 15.5 Å². The smallest absolute Gasteiger partial charge is 0.224 e. The lowest BCUT2D eigenvalue weighted by Gasteiger charge is -2.40. The van der Waals surface area contributed by atoms with Crippen molar-refractivity contribution in [3.8, 4) is 0 Å². The molecule has 0 spiro atoms. The van der Waals surface area contributed by atoms with Crippen LogP contribution in [0.15, 0.2) is 18.2 Å². The van der Waals surface area contributed by atoms with Gasteiger partial charge in [-0.2, -0.15) is 0 Å². The molecule has 0 unspecified atom stereocenters. The number of rotatable bonds is 1. The molecule has 0 aromatic heterocycles. The second-order valence-electron chi connectivity index (χ2n) is 6.95. The van der Waals surface area contributed by atoms with Crippen molar-refractivity contribution in [1.29, 1.82) is 0 Å². The second-order valence-corrected chi connectivity index (χ2v) is 6.95. The van der Waals surface area contributed by atoms with E-state index in [4.69, 9.17) is 5.73 Å². The minimum atomic E-state index is 0.136. The van der Waals surface area contributed by atoms with Crippen LogP contribution in [0.1, 0.15) is 39.2 Å². The molecule has 22 heavy (non-hydrogen) atoms. The fourth-order valence-corrected chi connectivity index (χ4v) is 3.77. The van der Waals surface area contributed by atoms with E-state index in [2.05, 4.69) is 36.9 Å². The van der Waals surface area contributed by atoms with E-state index in [1.807, 2.05) is 4.90 Å². The molecule has 2 aliphatic rings. The molecule has 2 heterocycles. The highest BCUT2D eigenvalue weighted by Gasteiger charge is 2.31. The first-order chi connectivity index (χ1) is 10.5. The number of anilines is 2. The van der Waals surface area contributed by atoms with Crippen molar-refractivity contribution in [1.82, 2.24) is 0 Å². The third-order valence-corrected chi connectivity index (χ3v) is 5.34. The zero-order valence-electron chi connectivity index (χ0n) is 13.9. The number of piperidine rings is 1. The van der Waals surface area contributed by atoms with Gasteiger partial charge in [-0.3, -0.25) is 4.79 Å². The second kappa shape index (κ2) is 5.92. The Kier molecular flexibility index (Phi) is 4.13. The van der Waals surface area contributed by atoms with Gasteiger partial charge in [0.25, 0.3) is 0 Å². The van der Waals surface area contributed by atoms with Gasteiger partial charge in [-0.1, -0.05) is 6.92 Å². The lowest BCUT2D eigenvalue weighted by atomic mass is 9.87. The van der Waals surface area contributed by atoms with E-state index in [-0.39, 0.29) is 11.9 Å². The quantitative estimate of drug-likeness (QED) is 0.867. The van der Waals surface area contributed by atoms with Gasteiger partial charge in [0.15, 0.2) is 0 Å². The highest BCUT2D eigenvalue weighted by Crippen LogP contribution is 2.36. The maximum atomic E-state index is 12.0. The van der Waals surface area contributed by atoms with Crippen molar-refractivity contribution in [2.45, 2.75) is 52.1 Å². The number of carbonyl (C=O) groups excluding carboxylic acids is 1. The Morgan fingerprint density at radius 1 is 1.23 bits per heavy atom. The molecule has 1 amide bonds. The Morgan fingerprint density at radius 2 is 1.91 bits per heavy atom.